The van der Waals surface area contributed by atoms with E-state index < -0.39 is 0 Å². The number of aliphatic hydroxyl groups is 1. The molecule has 2 heteroatoms. The fourth-order valence-corrected chi connectivity index (χ4v) is 1.75. The van der Waals surface area contributed by atoms with Crippen LogP contribution in [0.4, 0.5) is 0 Å². The number of hydrogen-bond donors (Lipinski definition) is 1. The summed E-state index contributed by atoms with van der Waals surface area (Å²) in [6, 6.07) is 12.4. The van der Waals surface area contributed by atoms with Crippen molar-refractivity contribution in [1.82, 2.24) is 4.57 Å². The second-order valence-corrected chi connectivity index (χ2v) is 4.09. The highest BCUT2D eigenvalue weighted by atomic mass is 16.3. The Kier molecular flexibility index (Phi) is 3.42. The molecule has 1 heterocycles. The maximum absolute atomic E-state index is 9.41. The minimum Gasteiger partial charge on any atom is -0.389 e. The van der Waals surface area contributed by atoms with Crippen molar-refractivity contribution in [1.29, 1.82) is 0 Å². The number of aryl methyl sites for hydroxylation is 2. The molecule has 1 N–H and O–H groups in total. The van der Waals surface area contributed by atoms with Crippen molar-refractivity contribution in [2.75, 3.05) is 0 Å². The van der Waals surface area contributed by atoms with Crippen LogP contribution in [0.2, 0.25) is 0 Å². The standard InChI is InChI=1S/C14H17NO/c1-12(16)14-8-10-15(11-14)9-7-13-5-3-2-4-6-13/h2-6,8,10-12,16H,7,9H2,1H3. The SMILES string of the molecule is CC(O)c1ccn(CCc2ccccc2)c1. The number of aromatic nitrogens is 1. The van der Waals surface area contributed by atoms with Gasteiger partial charge in [0, 0.05) is 18.9 Å². The molecule has 2 rings (SSSR count). The Morgan fingerprint density at radius 1 is 1.19 bits per heavy atom. The van der Waals surface area contributed by atoms with Gasteiger partial charge in [0.15, 0.2) is 0 Å². The molecule has 0 spiro atoms. The molecule has 1 aromatic carbocycles. The van der Waals surface area contributed by atoms with Crippen molar-refractivity contribution in [3.05, 3.63) is 59.9 Å². The van der Waals surface area contributed by atoms with Crippen molar-refractivity contribution < 1.29 is 5.11 Å². The van der Waals surface area contributed by atoms with E-state index in [0.29, 0.717) is 0 Å². The summed E-state index contributed by atoms with van der Waals surface area (Å²) < 4.78 is 2.12. The predicted octanol–water partition coefficient (Wildman–Crippen LogP) is 2.78. The lowest BCUT2D eigenvalue weighted by Crippen LogP contribution is -1.98. The number of hydrogen-bond acceptors (Lipinski definition) is 1. The molecule has 1 aromatic heterocycles. The van der Waals surface area contributed by atoms with Gasteiger partial charge < -0.3 is 9.67 Å². The Balaban J connectivity index is 1.95. The van der Waals surface area contributed by atoms with Gasteiger partial charge in [0.05, 0.1) is 6.10 Å². The van der Waals surface area contributed by atoms with Crippen LogP contribution in [0.3, 0.4) is 0 Å². The quantitative estimate of drug-likeness (QED) is 0.833. The maximum atomic E-state index is 9.41. The first kappa shape index (κ1) is 11.0. The van der Waals surface area contributed by atoms with Crippen molar-refractivity contribution in [3.8, 4) is 0 Å². The average molecular weight is 215 g/mol. The van der Waals surface area contributed by atoms with Crippen LogP contribution in [-0.2, 0) is 13.0 Å². The van der Waals surface area contributed by atoms with Gasteiger partial charge in [-0.2, -0.15) is 0 Å². The van der Waals surface area contributed by atoms with Gasteiger partial charge in [-0.05, 0) is 30.5 Å². The van der Waals surface area contributed by atoms with Crippen LogP contribution in [0.5, 0.6) is 0 Å². The number of nitrogens with zero attached hydrogens (tertiary/aromatic N) is 1. The molecule has 84 valence electrons. The molecule has 0 bridgehead atoms. The van der Waals surface area contributed by atoms with Crippen LogP contribution in [0.15, 0.2) is 48.8 Å². The molecule has 0 aliphatic rings. The van der Waals surface area contributed by atoms with Crippen LogP contribution >= 0.6 is 0 Å². The van der Waals surface area contributed by atoms with E-state index in [-0.39, 0.29) is 6.10 Å². The van der Waals surface area contributed by atoms with Gasteiger partial charge in [-0.25, -0.2) is 0 Å². The van der Waals surface area contributed by atoms with Gasteiger partial charge >= 0.3 is 0 Å². The van der Waals surface area contributed by atoms with E-state index in [9.17, 15) is 5.11 Å². The monoisotopic (exact) mass is 215 g/mol. The molecular weight excluding hydrogens is 198 g/mol. The number of rotatable bonds is 4. The van der Waals surface area contributed by atoms with E-state index in [1.165, 1.54) is 5.56 Å². The first-order valence-corrected chi connectivity index (χ1v) is 5.63. The van der Waals surface area contributed by atoms with Crippen molar-refractivity contribution in [3.63, 3.8) is 0 Å². The smallest absolute Gasteiger partial charge is 0.0776 e. The largest absolute Gasteiger partial charge is 0.389 e. The topological polar surface area (TPSA) is 25.2 Å². The summed E-state index contributed by atoms with van der Waals surface area (Å²) in [4.78, 5) is 0. The average Bonchev–Trinajstić information content (AvgIpc) is 2.76. The third-order valence-corrected chi connectivity index (χ3v) is 2.76. The van der Waals surface area contributed by atoms with Crippen molar-refractivity contribution in [2.45, 2.75) is 26.0 Å². The summed E-state index contributed by atoms with van der Waals surface area (Å²) in [5.74, 6) is 0. The summed E-state index contributed by atoms with van der Waals surface area (Å²) >= 11 is 0. The van der Waals surface area contributed by atoms with Crippen molar-refractivity contribution >= 4 is 0 Å². The fourth-order valence-electron chi connectivity index (χ4n) is 1.75. The second-order valence-electron chi connectivity index (χ2n) is 4.09. The minimum atomic E-state index is -0.377. The molecule has 0 aliphatic carbocycles. The number of benzene rings is 1. The Hall–Kier alpha value is -1.54. The summed E-state index contributed by atoms with van der Waals surface area (Å²) in [5, 5.41) is 9.41. The van der Waals surface area contributed by atoms with Gasteiger partial charge in [0.25, 0.3) is 0 Å². The van der Waals surface area contributed by atoms with E-state index in [2.05, 4.69) is 28.8 Å². The molecule has 2 nitrogen and oxygen atoms in total. The highest BCUT2D eigenvalue weighted by Crippen LogP contribution is 2.12. The van der Waals surface area contributed by atoms with E-state index >= 15 is 0 Å². The van der Waals surface area contributed by atoms with E-state index in [0.717, 1.165) is 18.5 Å². The van der Waals surface area contributed by atoms with Crippen LogP contribution in [-0.4, -0.2) is 9.67 Å². The maximum Gasteiger partial charge on any atom is 0.0776 e. The highest BCUT2D eigenvalue weighted by molar-refractivity contribution is 5.16. The number of aliphatic hydroxyl groups excluding tert-OH is 1. The molecule has 0 amide bonds. The summed E-state index contributed by atoms with van der Waals surface area (Å²) in [7, 11) is 0. The molecule has 1 unspecified atom stereocenters. The molecular formula is C14H17NO. The van der Waals surface area contributed by atoms with E-state index in [4.69, 9.17) is 0 Å². The van der Waals surface area contributed by atoms with Crippen molar-refractivity contribution in [2.24, 2.45) is 0 Å². The van der Waals surface area contributed by atoms with Crippen LogP contribution in [0, 0.1) is 0 Å². The van der Waals surface area contributed by atoms with Gasteiger partial charge in [-0.15, -0.1) is 0 Å². The molecule has 0 saturated heterocycles. The predicted molar refractivity (Wildman–Crippen MR) is 65.2 cm³/mol. The molecule has 0 aliphatic heterocycles. The van der Waals surface area contributed by atoms with Gasteiger partial charge in [0.2, 0.25) is 0 Å². The zero-order chi connectivity index (χ0) is 11.4. The first-order valence-electron chi connectivity index (χ1n) is 5.63. The van der Waals surface area contributed by atoms with Crippen LogP contribution in [0.25, 0.3) is 0 Å². The van der Waals surface area contributed by atoms with E-state index in [1.807, 2.05) is 24.5 Å². The zero-order valence-corrected chi connectivity index (χ0v) is 9.50. The zero-order valence-electron chi connectivity index (χ0n) is 9.50. The Morgan fingerprint density at radius 2 is 1.94 bits per heavy atom. The van der Waals surface area contributed by atoms with Gasteiger partial charge in [-0.3, -0.25) is 0 Å². The molecule has 1 atom stereocenters. The molecule has 0 saturated carbocycles. The van der Waals surface area contributed by atoms with E-state index in [1.54, 1.807) is 6.92 Å². The van der Waals surface area contributed by atoms with Crippen LogP contribution in [0.1, 0.15) is 24.2 Å². The Morgan fingerprint density at radius 3 is 2.56 bits per heavy atom. The summed E-state index contributed by atoms with van der Waals surface area (Å²) in [5.41, 5.74) is 2.32. The molecule has 0 radical (unpaired) electrons. The fraction of sp³-hybridized carbons (Fsp3) is 0.286. The summed E-state index contributed by atoms with van der Waals surface area (Å²) in [6.45, 7) is 2.74. The second kappa shape index (κ2) is 4.99. The molecule has 16 heavy (non-hydrogen) atoms. The van der Waals surface area contributed by atoms with Gasteiger partial charge in [-0.1, -0.05) is 30.3 Å². The molecule has 0 fully saturated rings. The highest BCUT2D eigenvalue weighted by Gasteiger charge is 2.02. The lowest BCUT2D eigenvalue weighted by Gasteiger charge is -2.03. The minimum absolute atomic E-state index is 0.377. The normalized spacial score (nSPS) is 12.6. The first-order chi connectivity index (χ1) is 7.75. The van der Waals surface area contributed by atoms with Gasteiger partial charge in [0.1, 0.15) is 0 Å². The Bertz CT molecular complexity index is 431. The van der Waals surface area contributed by atoms with Crippen LogP contribution < -0.4 is 0 Å². The lowest BCUT2D eigenvalue weighted by atomic mass is 10.1. The summed E-state index contributed by atoms with van der Waals surface area (Å²) in [6.07, 6.45) is 4.67. The molecule has 2 aromatic rings. The third-order valence-electron chi connectivity index (χ3n) is 2.76. The third kappa shape index (κ3) is 2.74. The lowest BCUT2D eigenvalue weighted by molar-refractivity contribution is 0.199. The Labute approximate surface area is 96.2 Å².